The number of piperazine rings is 2. The van der Waals surface area contributed by atoms with Gasteiger partial charge in [-0.2, -0.15) is 15.1 Å². The molecule has 3 aromatic carbocycles. The molecule has 11 rings (SSSR count). The summed E-state index contributed by atoms with van der Waals surface area (Å²) in [6.07, 6.45) is 8.38. The number of benzene rings is 3. The number of H-pyrrole nitrogens is 1. The molecule has 6 aliphatic rings. The average molecular weight is 817 g/mol. The first-order valence-corrected chi connectivity index (χ1v) is 22.0. The molecule has 2 bridgehead atoms. The normalized spacial score (nSPS) is 23.1. The van der Waals surface area contributed by atoms with Crippen molar-refractivity contribution in [2.75, 3.05) is 64.1 Å². The number of ether oxygens (including phenoxy) is 4. The summed E-state index contributed by atoms with van der Waals surface area (Å²) in [6, 6.07) is 13.6. The van der Waals surface area contributed by atoms with E-state index in [1.54, 1.807) is 6.20 Å². The van der Waals surface area contributed by atoms with Gasteiger partial charge in [-0.05, 0) is 79.3 Å². The van der Waals surface area contributed by atoms with E-state index in [2.05, 4.69) is 55.6 Å². The Bertz CT molecular complexity index is 2410. The second kappa shape index (κ2) is 15.9. The van der Waals surface area contributed by atoms with Crippen molar-refractivity contribution < 1.29 is 28.1 Å². The number of aromatic amines is 1. The monoisotopic (exact) mass is 816 g/mol. The second-order valence-electron chi connectivity index (χ2n) is 17.7. The lowest BCUT2D eigenvalue weighted by Gasteiger charge is -2.40. The van der Waals surface area contributed by atoms with Gasteiger partial charge in [0.2, 0.25) is 5.91 Å². The fourth-order valence-corrected chi connectivity index (χ4v) is 10.2. The van der Waals surface area contributed by atoms with Crippen LogP contribution in [0.4, 0.5) is 10.2 Å². The lowest BCUT2D eigenvalue weighted by molar-refractivity contribution is -0.138. The Kier molecular flexibility index (Phi) is 10.1. The van der Waals surface area contributed by atoms with Gasteiger partial charge >= 0.3 is 6.01 Å². The van der Waals surface area contributed by atoms with Crippen molar-refractivity contribution in [2.45, 2.75) is 95.2 Å². The van der Waals surface area contributed by atoms with E-state index >= 15 is 4.39 Å². The fraction of sp³-hybridized carbons (Fsp3) is 0.522. The molecule has 14 heteroatoms. The van der Waals surface area contributed by atoms with E-state index in [-0.39, 0.29) is 24.4 Å². The number of nitrogens with one attached hydrogen (secondary N) is 2. The minimum absolute atomic E-state index is 0.0592. The molecule has 5 aliphatic heterocycles. The highest BCUT2D eigenvalue weighted by atomic mass is 19.1. The second-order valence-corrected chi connectivity index (χ2v) is 17.7. The maximum atomic E-state index is 15.9. The number of amides is 1. The molecule has 2 atom stereocenters. The number of carbonyl (C=O) groups excluding carboxylic acids is 1. The van der Waals surface area contributed by atoms with E-state index in [0.717, 1.165) is 129 Å². The van der Waals surface area contributed by atoms with Gasteiger partial charge in [0.15, 0.2) is 5.75 Å². The summed E-state index contributed by atoms with van der Waals surface area (Å²) >= 11 is 0. The molecule has 0 spiro atoms. The fourth-order valence-electron chi connectivity index (χ4n) is 10.2. The third kappa shape index (κ3) is 7.24. The van der Waals surface area contributed by atoms with Gasteiger partial charge < -0.3 is 34.1 Å². The van der Waals surface area contributed by atoms with Crippen LogP contribution in [0.25, 0.3) is 32.9 Å². The number of hydrogen-bond acceptors (Lipinski definition) is 11. The van der Waals surface area contributed by atoms with Crippen LogP contribution >= 0.6 is 0 Å². The molecule has 5 aromatic rings. The molecule has 2 aromatic heterocycles. The van der Waals surface area contributed by atoms with Crippen LogP contribution in [0.5, 0.6) is 11.8 Å². The van der Waals surface area contributed by atoms with Crippen LogP contribution in [0, 0.1) is 12.7 Å². The predicted octanol–water partition coefficient (Wildman–Crippen LogP) is 6.01. The maximum Gasteiger partial charge on any atom is 0.319 e. The van der Waals surface area contributed by atoms with E-state index in [1.165, 1.54) is 6.07 Å². The first-order valence-electron chi connectivity index (χ1n) is 22.0. The topological polar surface area (TPSA) is 130 Å². The molecule has 1 amide bonds. The van der Waals surface area contributed by atoms with Gasteiger partial charge in [0.25, 0.3) is 0 Å². The van der Waals surface area contributed by atoms with Gasteiger partial charge in [-0.15, -0.1) is 0 Å². The van der Waals surface area contributed by atoms with Gasteiger partial charge in [0, 0.05) is 98.8 Å². The molecule has 13 nitrogen and oxygen atoms in total. The van der Waals surface area contributed by atoms with Gasteiger partial charge in [-0.3, -0.25) is 14.8 Å². The number of anilines is 1. The average Bonchev–Trinajstić information content (AvgIpc) is 3.62. The number of rotatable bonds is 11. The summed E-state index contributed by atoms with van der Waals surface area (Å²) in [5.41, 5.74) is 6.63. The first kappa shape index (κ1) is 38.1. The Hall–Kier alpha value is -4.89. The Labute approximate surface area is 348 Å². The van der Waals surface area contributed by atoms with Crippen LogP contribution < -0.4 is 19.7 Å². The lowest BCUT2D eigenvalue weighted by atomic mass is 9.88. The van der Waals surface area contributed by atoms with E-state index in [0.29, 0.717) is 78.7 Å². The molecule has 1 saturated carbocycles. The third-order valence-corrected chi connectivity index (χ3v) is 13.7. The SMILES string of the molecule is Cc1c(F)cc2[nH]ncc2c1-c1c(C2CC2)cc2c(N3C[C@@H]4C[C@H]3CN4)nc(OC3CCOCC3)nc2c1OCc1ccc(CN2CCN(C3CCOCC3)CC2=O)cc1. The molecular formula is C46H53FN8O5. The van der Waals surface area contributed by atoms with Crippen LogP contribution in [-0.4, -0.2) is 119 Å². The van der Waals surface area contributed by atoms with Crippen molar-refractivity contribution in [2.24, 2.45) is 0 Å². The molecule has 5 saturated heterocycles. The smallest absolute Gasteiger partial charge is 0.319 e. The van der Waals surface area contributed by atoms with Crippen molar-refractivity contribution >= 4 is 33.5 Å². The van der Waals surface area contributed by atoms with Crippen molar-refractivity contribution in [3.63, 3.8) is 0 Å². The Morgan fingerprint density at radius 2 is 1.68 bits per heavy atom. The van der Waals surface area contributed by atoms with Crippen LogP contribution in [0.2, 0.25) is 0 Å². The van der Waals surface area contributed by atoms with Crippen LogP contribution in [0.15, 0.2) is 42.6 Å². The molecule has 60 heavy (non-hydrogen) atoms. The number of aromatic nitrogens is 4. The van der Waals surface area contributed by atoms with Crippen LogP contribution in [0.1, 0.15) is 73.1 Å². The molecule has 0 unspecified atom stereocenters. The highest BCUT2D eigenvalue weighted by Crippen LogP contribution is 2.53. The number of fused-ring (bicyclic) bond motifs is 4. The molecule has 2 N–H and O–H groups in total. The zero-order chi connectivity index (χ0) is 40.3. The van der Waals surface area contributed by atoms with E-state index in [9.17, 15) is 4.79 Å². The molecule has 6 fully saturated rings. The van der Waals surface area contributed by atoms with Crippen LogP contribution in [0.3, 0.4) is 0 Å². The van der Waals surface area contributed by atoms with Crippen molar-refractivity contribution in [1.29, 1.82) is 0 Å². The number of nitrogens with zero attached hydrogens (tertiary/aromatic N) is 6. The zero-order valence-corrected chi connectivity index (χ0v) is 34.3. The summed E-state index contributed by atoms with van der Waals surface area (Å²) in [6.45, 7) is 9.32. The molecule has 0 radical (unpaired) electrons. The Morgan fingerprint density at radius 1 is 0.900 bits per heavy atom. The molecule has 7 heterocycles. The highest BCUT2D eigenvalue weighted by molar-refractivity contribution is 6.06. The summed E-state index contributed by atoms with van der Waals surface area (Å²) in [4.78, 5) is 30.4. The molecule has 1 aliphatic carbocycles. The largest absolute Gasteiger partial charge is 0.486 e. The lowest BCUT2D eigenvalue weighted by Crippen LogP contribution is -2.54. The zero-order valence-electron chi connectivity index (χ0n) is 34.3. The number of hydrogen-bond donors (Lipinski definition) is 2. The summed E-state index contributed by atoms with van der Waals surface area (Å²) in [7, 11) is 0. The Balaban J connectivity index is 0.970. The van der Waals surface area contributed by atoms with Crippen LogP contribution in [-0.2, 0) is 27.4 Å². The molecule has 314 valence electrons. The van der Waals surface area contributed by atoms with E-state index < -0.39 is 0 Å². The summed E-state index contributed by atoms with van der Waals surface area (Å²) in [5.74, 6) is 1.63. The predicted molar refractivity (Wildman–Crippen MR) is 225 cm³/mol. The minimum atomic E-state index is -0.305. The van der Waals surface area contributed by atoms with Crippen molar-refractivity contribution in [3.05, 3.63) is 70.7 Å². The number of carbonyl (C=O) groups is 1. The van der Waals surface area contributed by atoms with Crippen molar-refractivity contribution in [3.8, 4) is 22.9 Å². The van der Waals surface area contributed by atoms with E-state index in [1.807, 2.05) is 11.8 Å². The summed E-state index contributed by atoms with van der Waals surface area (Å²) in [5, 5.41) is 12.8. The van der Waals surface area contributed by atoms with E-state index in [4.69, 9.17) is 28.9 Å². The molecular weight excluding hydrogens is 764 g/mol. The van der Waals surface area contributed by atoms with Gasteiger partial charge in [-0.25, -0.2) is 4.39 Å². The first-order chi connectivity index (χ1) is 29.4. The third-order valence-electron chi connectivity index (χ3n) is 13.7. The summed E-state index contributed by atoms with van der Waals surface area (Å²) < 4.78 is 40.9. The standard InChI is InChI=1S/C46H53FN8O5/c1-27-38(47)20-39-37(22-49-52-39)41(27)42-35(30-6-7-30)19-36-43(50-46(60-34-10-16-58-17-11-34)51-45(36)55-24-31-18-33(55)21-48-31)44(42)59-26-29-4-2-28(3-5-29)23-54-13-12-53(25-40(54)56)32-8-14-57-15-9-32/h2-5,19-20,22,30-34,48H,6-18,21,23-26H2,1H3,(H,49,52)/t31-,33-/m0/s1. The van der Waals surface area contributed by atoms with Gasteiger partial charge in [0.1, 0.15) is 29.9 Å². The van der Waals surface area contributed by atoms with Gasteiger partial charge in [-0.1, -0.05) is 24.3 Å². The Morgan fingerprint density at radius 3 is 2.42 bits per heavy atom. The van der Waals surface area contributed by atoms with Gasteiger partial charge in [0.05, 0.1) is 31.5 Å². The van der Waals surface area contributed by atoms with Crippen molar-refractivity contribution in [1.82, 2.24) is 35.3 Å². The quantitative estimate of drug-likeness (QED) is 0.163. The highest BCUT2D eigenvalue weighted by Gasteiger charge is 2.41. The number of halogens is 1. The minimum Gasteiger partial charge on any atom is -0.486 e. The maximum absolute atomic E-state index is 15.9.